The fraction of sp³-hybridized carbons (Fsp3) is 0.538. The van der Waals surface area contributed by atoms with E-state index < -0.39 is 11.6 Å². The quantitative estimate of drug-likeness (QED) is 0.270. The second kappa shape index (κ2) is 12.2. The first-order valence-corrected chi connectivity index (χ1v) is 11.0. The number of rotatable bonds is 14. The summed E-state index contributed by atoms with van der Waals surface area (Å²) in [6, 6.07) is 20.6. The minimum atomic E-state index is -1.41. The molecule has 0 saturated heterocycles. The van der Waals surface area contributed by atoms with E-state index in [4.69, 9.17) is 18.9 Å². The van der Waals surface area contributed by atoms with E-state index in [1.807, 2.05) is 24.3 Å². The Balaban J connectivity index is 2.62. The van der Waals surface area contributed by atoms with Crippen molar-refractivity contribution in [1.29, 1.82) is 0 Å². The van der Waals surface area contributed by atoms with E-state index in [2.05, 4.69) is 43.3 Å². The third-order valence-electron chi connectivity index (χ3n) is 6.07. The molecule has 0 saturated carbocycles. The Morgan fingerprint density at radius 2 is 1.20 bits per heavy atom. The van der Waals surface area contributed by atoms with E-state index in [9.17, 15) is 0 Å². The van der Waals surface area contributed by atoms with E-state index >= 15 is 0 Å². The molecule has 2 aromatic carbocycles. The largest absolute Gasteiger partial charge is 0.364 e. The highest BCUT2D eigenvalue weighted by molar-refractivity contribution is 5.34. The number of hydrogen-bond donors (Lipinski definition) is 0. The average Bonchev–Trinajstić information content (AvgIpc) is 2.82. The third kappa shape index (κ3) is 4.94. The van der Waals surface area contributed by atoms with E-state index in [0.29, 0.717) is 0 Å². The zero-order valence-electron chi connectivity index (χ0n) is 19.2. The summed E-state index contributed by atoms with van der Waals surface area (Å²) in [5.41, 5.74) is 1.13. The molecule has 0 aromatic heterocycles. The summed E-state index contributed by atoms with van der Waals surface area (Å²) in [4.78, 5) is 0. The van der Waals surface area contributed by atoms with Gasteiger partial charge < -0.3 is 18.9 Å². The molecule has 0 radical (unpaired) electrons. The van der Waals surface area contributed by atoms with Gasteiger partial charge in [0.15, 0.2) is 5.60 Å². The lowest BCUT2D eigenvalue weighted by Gasteiger charge is -2.50. The van der Waals surface area contributed by atoms with Gasteiger partial charge in [-0.3, -0.25) is 0 Å². The fourth-order valence-electron chi connectivity index (χ4n) is 4.61. The Bertz CT molecular complexity index is 691. The molecular weight excluding hydrogens is 376 g/mol. The molecule has 0 N–H and O–H groups in total. The van der Waals surface area contributed by atoms with Crippen LogP contribution in [0, 0.1) is 0 Å². The van der Waals surface area contributed by atoms with Gasteiger partial charge in [0.2, 0.25) is 0 Å². The van der Waals surface area contributed by atoms with Gasteiger partial charge in [0.1, 0.15) is 0 Å². The summed E-state index contributed by atoms with van der Waals surface area (Å²) in [6.45, 7) is 2.24. The van der Waals surface area contributed by atoms with E-state index in [0.717, 1.165) is 18.4 Å². The fourth-order valence-corrected chi connectivity index (χ4v) is 4.61. The predicted octanol–water partition coefficient (Wildman–Crippen LogP) is 6.27. The molecule has 2 rings (SSSR count). The van der Waals surface area contributed by atoms with Gasteiger partial charge in [0.05, 0.1) is 0 Å². The van der Waals surface area contributed by atoms with Crippen LogP contribution in [0.25, 0.3) is 0 Å². The molecule has 4 heteroatoms. The first-order valence-electron chi connectivity index (χ1n) is 11.0. The molecule has 0 spiro atoms. The molecule has 0 fully saturated rings. The molecule has 0 aliphatic rings. The maximum absolute atomic E-state index is 6.38. The van der Waals surface area contributed by atoms with E-state index in [1.165, 1.54) is 31.2 Å². The van der Waals surface area contributed by atoms with Crippen LogP contribution in [0.1, 0.15) is 62.5 Å². The molecular formula is C26H38O4. The Kier molecular flexibility index (Phi) is 9.99. The lowest BCUT2D eigenvalue weighted by molar-refractivity contribution is -0.433. The minimum Gasteiger partial charge on any atom is -0.364 e. The van der Waals surface area contributed by atoms with Crippen LogP contribution in [0.15, 0.2) is 60.7 Å². The summed E-state index contributed by atoms with van der Waals surface area (Å²) in [5, 5.41) is 0. The lowest BCUT2D eigenvalue weighted by atomic mass is 9.72. The average molecular weight is 415 g/mol. The first-order chi connectivity index (χ1) is 14.7. The van der Waals surface area contributed by atoms with Crippen LogP contribution in [-0.2, 0) is 24.5 Å². The molecule has 2 unspecified atom stereocenters. The second-order valence-electron chi connectivity index (χ2n) is 7.64. The summed E-state index contributed by atoms with van der Waals surface area (Å²) < 4.78 is 24.2. The van der Waals surface area contributed by atoms with Crippen molar-refractivity contribution in [3.05, 3.63) is 71.8 Å². The van der Waals surface area contributed by atoms with Crippen molar-refractivity contribution in [1.82, 2.24) is 0 Å². The van der Waals surface area contributed by atoms with E-state index in [-0.39, 0.29) is 5.92 Å². The predicted molar refractivity (Wildman–Crippen MR) is 121 cm³/mol. The second-order valence-corrected chi connectivity index (χ2v) is 7.64. The van der Waals surface area contributed by atoms with Gasteiger partial charge >= 0.3 is 5.97 Å². The van der Waals surface area contributed by atoms with Crippen molar-refractivity contribution in [2.24, 2.45) is 0 Å². The number of methoxy groups -OCH3 is 4. The summed E-state index contributed by atoms with van der Waals surface area (Å²) >= 11 is 0. The summed E-state index contributed by atoms with van der Waals surface area (Å²) in [5.74, 6) is -1.44. The van der Waals surface area contributed by atoms with Gasteiger partial charge in [-0.15, -0.1) is 0 Å². The smallest absolute Gasteiger partial charge is 0.318 e. The van der Waals surface area contributed by atoms with Crippen LogP contribution in [0.4, 0.5) is 0 Å². The van der Waals surface area contributed by atoms with Gasteiger partial charge in [0.25, 0.3) is 0 Å². The molecule has 2 atom stereocenters. The third-order valence-corrected chi connectivity index (χ3v) is 6.07. The van der Waals surface area contributed by atoms with Crippen LogP contribution in [0.2, 0.25) is 0 Å². The van der Waals surface area contributed by atoms with Crippen molar-refractivity contribution in [2.75, 3.05) is 28.4 Å². The van der Waals surface area contributed by atoms with Gasteiger partial charge in [-0.1, -0.05) is 99.7 Å². The topological polar surface area (TPSA) is 36.9 Å². The highest BCUT2D eigenvalue weighted by Crippen LogP contribution is 2.52. The van der Waals surface area contributed by atoms with Crippen LogP contribution in [-0.4, -0.2) is 34.4 Å². The lowest BCUT2D eigenvalue weighted by Crippen LogP contribution is -2.60. The Hall–Kier alpha value is -1.72. The van der Waals surface area contributed by atoms with Crippen molar-refractivity contribution < 1.29 is 18.9 Å². The molecule has 166 valence electrons. The van der Waals surface area contributed by atoms with Crippen molar-refractivity contribution in [2.45, 2.75) is 62.9 Å². The molecule has 0 heterocycles. The van der Waals surface area contributed by atoms with Gasteiger partial charge in [-0.2, -0.15) is 0 Å². The van der Waals surface area contributed by atoms with Gasteiger partial charge in [-0.05, 0) is 17.5 Å². The summed E-state index contributed by atoms with van der Waals surface area (Å²) in [6.07, 6.45) is 6.94. The zero-order valence-corrected chi connectivity index (χ0v) is 19.2. The molecule has 30 heavy (non-hydrogen) atoms. The maximum Gasteiger partial charge on any atom is 0.318 e. The molecule has 0 aliphatic heterocycles. The Labute approximate surface area is 182 Å². The van der Waals surface area contributed by atoms with Crippen LogP contribution in [0.5, 0.6) is 0 Å². The molecule has 0 amide bonds. The van der Waals surface area contributed by atoms with Crippen LogP contribution < -0.4 is 0 Å². The zero-order chi connectivity index (χ0) is 21.9. The standard InChI is InChI=1S/C26H38O4/c1-6-7-8-9-16-21-24(22-17-12-10-13-18-22)25(27-2,23-19-14-11-15-20-23)26(28-3,29-4)30-5/h10-15,17-20,24H,6-9,16,21H2,1-5H3. The van der Waals surface area contributed by atoms with E-state index in [1.54, 1.807) is 28.4 Å². The SMILES string of the molecule is CCCCCCCC(c1ccccc1)C(OC)(c1ccccc1)C(OC)(OC)OC. The maximum atomic E-state index is 6.38. The Morgan fingerprint density at radius 1 is 0.667 bits per heavy atom. The highest BCUT2D eigenvalue weighted by Gasteiger charge is 2.60. The number of benzene rings is 2. The van der Waals surface area contributed by atoms with Crippen LogP contribution >= 0.6 is 0 Å². The van der Waals surface area contributed by atoms with Gasteiger partial charge in [0, 0.05) is 34.4 Å². The van der Waals surface area contributed by atoms with Crippen molar-refractivity contribution >= 4 is 0 Å². The normalized spacial score (nSPS) is 15.0. The minimum absolute atomic E-state index is 0.0347. The number of ether oxygens (including phenoxy) is 4. The highest BCUT2D eigenvalue weighted by atomic mass is 16.9. The Morgan fingerprint density at radius 3 is 1.70 bits per heavy atom. The van der Waals surface area contributed by atoms with Gasteiger partial charge in [-0.25, -0.2) is 0 Å². The number of hydrogen-bond acceptors (Lipinski definition) is 4. The molecule has 4 nitrogen and oxygen atoms in total. The van der Waals surface area contributed by atoms with Crippen LogP contribution in [0.3, 0.4) is 0 Å². The van der Waals surface area contributed by atoms with Crippen molar-refractivity contribution in [3.8, 4) is 0 Å². The molecule has 0 aliphatic carbocycles. The monoisotopic (exact) mass is 414 g/mol. The molecule has 2 aromatic rings. The summed E-state index contributed by atoms with van der Waals surface area (Å²) in [7, 11) is 6.53. The first kappa shape index (κ1) is 24.5. The number of unbranched alkanes of at least 4 members (excludes halogenated alkanes) is 4. The molecule has 0 bridgehead atoms. The van der Waals surface area contributed by atoms with Crippen molar-refractivity contribution in [3.63, 3.8) is 0 Å².